The summed E-state index contributed by atoms with van der Waals surface area (Å²) in [7, 11) is 0. The van der Waals surface area contributed by atoms with Crippen LogP contribution in [-0.2, 0) is 4.79 Å². The van der Waals surface area contributed by atoms with E-state index in [1.807, 2.05) is 22.6 Å². The fourth-order valence-electron chi connectivity index (χ4n) is 2.85. The summed E-state index contributed by atoms with van der Waals surface area (Å²) >= 11 is 3.88. The van der Waals surface area contributed by atoms with Gasteiger partial charge in [-0.05, 0) is 124 Å². The third kappa shape index (κ3) is 7.50. The van der Waals surface area contributed by atoms with Gasteiger partial charge in [0.1, 0.15) is 11.5 Å². The van der Waals surface area contributed by atoms with Crippen LogP contribution in [0.2, 0.25) is 0 Å². The first kappa shape index (κ1) is 26.6. The summed E-state index contributed by atoms with van der Waals surface area (Å²) in [6.07, 6.45) is 0. The Morgan fingerprint density at radius 3 is 2.26 bits per heavy atom. The van der Waals surface area contributed by atoms with Crippen molar-refractivity contribution >= 4 is 74.5 Å². The zero-order valence-electron chi connectivity index (χ0n) is 17.6. The van der Waals surface area contributed by atoms with E-state index in [-0.39, 0.29) is 28.0 Å². The third-order valence-electron chi connectivity index (χ3n) is 4.22. The molecule has 3 rings (SSSR count). The molecule has 0 aliphatic rings. The molecule has 0 unspecified atom stereocenters. The highest BCUT2D eigenvalue weighted by molar-refractivity contribution is 14.1. The number of nitrogens with one attached hydrogen (secondary N) is 1. The summed E-state index contributed by atoms with van der Waals surface area (Å²) in [6.45, 7) is 3.04. The third-order valence-corrected chi connectivity index (χ3v) is 6.38. The van der Waals surface area contributed by atoms with Crippen molar-refractivity contribution in [3.05, 3.63) is 72.9 Å². The van der Waals surface area contributed by atoms with Gasteiger partial charge in [-0.2, -0.15) is 13.2 Å². The summed E-state index contributed by atoms with van der Waals surface area (Å²) in [4.78, 5) is 24.5. The second-order valence-electron chi connectivity index (χ2n) is 6.91. The summed E-state index contributed by atoms with van der Waals surface area (Å²) < 4.78 is 49.9. The van der Waals surface area contributed by atoms with Crippen molar-refractivity contribution in [2.45, 2.75) is 24.3 Å². The lowest BCUT2D eigenvalue weighted by atomic mass is 10.1. The van der Waals surface area contributed by atoms with Crippen LogP contribution in [0.4, 0.5) is 18.9 Å². The monoisotopic (exact) mass is 713 g/mol. The van der Waals surface area contributed by atoms with Crippen molar-refractivity contribution < 1.29 is 32.2 Å². The first-order chi connectivity index (χ1) is 15.9. The number of ether oxygens (including phenoxy) is 2. The molecule has 0 radical (unpaired) electrons. The first-order valence-corrected chi connectivity index (χ1v) is 12.5. The van der Waals surface area contributed by atoms with Crippen molar-refractivity contribution in [2.24, 2.45) is 0 Å². The Morgan fingerprint density at radius 1 is 1.00 bits per heavy atom. The minimum absolute atomic E-state index is 0.0630. The highest BCUT2D eigenvalue weighted by Crippen LogP contribution is 2.38. The minimum Gasteiger partial charge on any atom is -0.457 e. The second kappa shape index (κ2) is 11.2. The number of rotatable bonds is 6. The number of benzene rings is 3. The van der Waals surface area contributed by atoms with E-state index >= 15 is 0 Å². The number of hydrogen-bond donors (Lipinski definition) is 1. The van der Waals surface area contributed by atoms with Gasteiger partial charge in [0.2, 0.25) is 0 Å². The maximum Gasteiger partial charge on any atom is 0.446 e. The maximum atomic E-state index is 12.9. The zero-order chi connectivity index (χ0) is 25.0. The Balaban J connectivity index is 1.75. The number of esters is 1. The van der Waals surface area contributed by atoms with Crippen LogP contribution in [0.1, 0.15) is 22.8 Å². The van der Waals surface area contributed by atoms with Crippen LogP contribution in [0, 0.1) is 14.1 Å². The van der Waals surface area contributed by atoms with E-state index in [0.29, 0.717) is 26.3 Å². The van der Waals surface area contributed by atoms with Gasteiger partial charge in [-0.25, -0.2) is 0 Å². The van der Waals surface area contributed by atoms with Crippen LogP contribution in [0.25, 0.3) is 0 Å². The lowest BCUT2D eigenvalue weighted by Gasteiger charge is -2.14. The lowest BCUT2D eigenvalue weighted by molar-refractivity contribution is -0.131. The number of carbonyl (C=O) groups is 2. The first-order valence-electron chi connectivity index (χ1n) is 9.54. The van der Waals surface area contributed by atoms with Gasteiger partial charge in [0.15, 0.2) is 5.75 Å². The Labute approximate surface area is 225 Å². The molecule has 34 heavy (non-hydrogen) atoms. The molecule has 0 saturated carbocycles. The quantitative estimate of drug-likeness (QED) is 0.122. The topological polar surface area (TPSA) is 64.6 Å². The molecule has 178 valence electrons. The van der Waals surface area contributed by atoms with Crippen molar-refractivity contribution in [1.29, 1.82) is 0 Å². The van der Waals surface area contributed by atoms with Gasteiger partial charge >= 0.3 is 11.5 Å². The predicted molar refractivity (Wildman–Crippen MR) is 141 cm³/mol. The van der Waals surface area contributed by atoms with Gasteiger partial charge in [0, 0.05) is 21.1 Å². The minimum atomic E-state index is -4.35. The van der Waals surface area contributed by atoms with Crippen LogP contribution in [0.5, 0.6) is 17.2 Å². The molecule has 0 aliphatic heterocycles. The SMILES string of the molecule is CC(=O)Oc1c(I)cc(I)cc1C(=O)Nc1ccc(Oc2ccc(SC(F)(F)F)cc2)c(C)c1. The Bertz CT molecular complexity index is 1230. The van der Waals surface area contributed by atoms with Gasteiger partial charge < -0.3 is 14.8 Å². The smallest absolute Gasteiger partial charge is 0.446 e. The van der Waals surface area contributed by atoms with E-state index in [2.05, 4.69) is 27.9 Å². The molecule has 3 aromatic carbocycles. The average molecular weight is 713 g/mol. The Kier molecular flexibility index (Phi) is 8.73. The summed E-state index contributed by atoms with van der Waals surface area (Å²) in [5, 5.41) is 2.79. The number of carbonyl (C=O) groups excluding carboxylic acids is 2. The molecule has 1 amide bonds. The van der Waals surface area contributed by atoms with E-state index in [9.17, 15) is 22.8 Å². The lowest BCUT2D eigenvalue weighted by Crippen LogP contribution is -2.16. The number of hydrogen-bond acceptors (Lipinski definition) is 5. The zero-order valence-corrected chi connectivity index (χ0v) is 22.8. The van der Waals surface area contributed by atoms with Crippen LogP contribution in [0.15, 0.2) is 59.5 Å². The normalized spacial score (nSPS) is 11.1. The Morgan fingerprint density at radius 2 is 1.68 bits per heavy atom. The molecule has 0 fully saturated rings. The molecule has 0 spiro atoms. The van der Waals surface area contributed by atoms with Crippen molar-refractivity contribution in [3.8, 4) is 17.2 Å². The van der Waals surface area contributed by atoms with Crippen LogP contribution in [-0.4, -0.2) is 17.4 Å². The number of anilines is 1. The molecule has 5 nitrogen and oxygen atoms in total. The summed E-state index contributed by atoms with van der Waals surface area (Å²) in [5.74, 6) is 0.0772. The van der Waals surface area contributed by atoms with Gasteiger partial charge in [-0.15, -0.1) is 0 Å². The average Bonchev–Trinajstić information content (AvgIpc) is 2.72. The summed E-state index contributed by atoms with van der Waals surface area (Å²) in [5.41, 5.74) is -2.94. The highest BCUT2D eigenvalue weighted by atomic mass is 127. The molecule has 11 heteroatoms. The molecule has 0 atom stereocenters. The second-order valence-corrected chi connectivity index (χ2v) is 10.5. The van der Waals surface area contributed by atoms with E-state index in [4.69, 9.17) is 9.47 Å². The molecule has 0 bridgehead atoms. The van der Waals surface area contributed by atoms with Gasteiger partial charge in [-0.3, -0.25) is 9.59 Å². The Hall–Kier alpha value is -2.00. The van der Waals surface area contributed by atoms with E-state index in [0.717, 1.165) is 3.57 Å². The number of alkyl halides is 3. The number of aryl methyl sites for hydroxylation is 1. The molecule has 0 heterocycles. The van der Waals surface area contributed by atoms with Crippen molar-refractivity contribution in [3.63, 3.8) is 0 Å². The maximum absolute atomic E-state index is 12.9. The molecule has 3 aromatic rings. The molecular weight excluding hydrogens is 697 g/mol. The van der Waals surface area contributed by atoms with Crippen LogP contribution >= 0.6 is 56.9 Å². The number of thioether (sulfide) groups is 1. The van der Waals surface area contributed by atoms with Gasteiger partial charge in [0.25, 0.3) is 5.91 Å². The van der Waals surface area contributed by atoms with E-state index in [1.165, 1.54) is 31.2 Å². The molecule has 0 aromatic heterocycles. The number of amides is 1. The molecule has 1 N–H and O–H groups in total. The van der Waals surface area contributed by atoms with Gasteiger partial charge in [-0.1, -0.05) is 0 Å². The van der Waals surface area contributed by atoms with E-state index < -0.39 is 17.4 Å². The molecule has 0 aliphatic carbocycles. The standard InChI is InChI=1S/C23H16F3I2NO4S/c1-12-9-15(29-22(31)18-10-14(27)11-19(28)21(18)32-13(2)30)3-8-20(12)33-16-4-6-17(7-5-16)34-23(24,25)26/h3-11H,1-2H3,(H,29,31). The summed E-state index contributed by atoms with van der Waals surface area (Å²) in [6, 6.07) is 14.0. The van der Waals surface area contributed by atoms with Gasteiger partial charge in [0.05, 0.1) is 9.13 Å². The number of halogens is 5. The molecule has 0 saturated heterocycles. The van der Waals surface area contributed by atoms with Crippen molar-refractivity contribution in [1.82, 2.24) is 0 Å². The fourth-order valence-corrected chi connectivity index (χ4v) is 5.35. The van der Waals surface area contributed by atoms with Crippen LogP contribution < -0.4 is 14.8 Å². The van der Waals surface area contributed by atoms with E-state index in [1.54, 1.807) is 37.3 Å². The van der Waals surface area contributed by atoms with Crippen LogP contribution in [0.3, 0.4) is 0 Å². The largest absolute Gasteiger partial charge is 0.457 e. The predicted octanol–water partition coefficient (Wildman–Crippen LogP) is 7.79. The molecular formula is C23H16F3I2NO4S. The van der Waals surface area contributed by atoms with Crippen molar-refractivity contribution in [2.75, 3.05) is 5.32 Å². The highest BCUT2D eigenvalue weighted by Gasteiger charge is 2.29. The fraction of sp³-hybridized carbons (Fsp3) is 0.130.